The Morgan fingerprint density at radius 1 is 1.48 bits per heavy atom. The van der Waals surface area contributed by atoms with Gasteiger partial charge in [-0.05, 0) is 24.8 Å². The SMILES string of the molecule is CC(=O)NCC1CCN(c2ncc(F)cc2C(=O)O)CC1. The summed E-state index contributed by atoms with van der Waals surface area (Å²) in [7, 11) is 0. The zero-order valence-corrected chi connectivity index (χ0v) is 11.8. The highest BCUT2D eigenvalue weighted by atomic mass is 19.1. The molecule has 0 bridgehead atoms. The highest BCUT2D eigenvalue weighted by Gasteiger charge is 2.24. The molecule has 0 aromatic carbocycles. The van der Waals surface area contributed by atoms with E-state index in [1.54, 1.807) is 0 Å². The van der Waals surface area contributed by atoms with E-state index in [9.17, 15) is 14.0 Å². The van der Waals surface area contributed by atoms with Crippen molar-refractivity contribution in [3.63, 3.8) is 0 Å². The Bertz CT molecular complexity index is 542. The van der Waals surface area contributed by atoms with Crippen LogP contribution in [0.1, 0.15) is 30.1 Å². The molecule has 0 unspecified atom stereocenters. The fraction of sp³-hybridized carbons (Fsp3) is 0.500. The van der Waals surface area contributed by atoms with Crippen LogP contribution in [0.15, 0.2) is 12.3 Å². The predicted molar refractivity (Wildman–Crippen MR) is 74.8 cm³/mol. The molecule has 1 fully saturated rings. The number of aromatic carboxylic acids is 1. The third kappa shape index (κ3) is 3.90. The van der Waals surface area contributed by atoms with Gasteiger partial charge in [-0.25, -0.2) is 14.2 Å². The number of halogens is 1. The molecule has 1 aliphatic rings. The second-order valence-corrected chi connectivity index (χ2v) is 5.20. The number of aromatic nitrogens is 1. The van der Waals surface area contributed by atoms with E-state index in [2.05, 4.69) is 10.3 Å². The molecular weight excluding hydrogens is 277 g/mol. The minimum atomic E-state index is -1.18. The third-order valence-electron chi connectivity index (χ3n) is 3.62. The molecule has 6 nitrogen and oxygen atoms in total. The molecule has 2 heterocycles. The average Bonchev–Trinajstić information content (AvgIpc) is 2.45. The Morgan fingerprint density at radius 3 is 2.71 bits per heavy atom. The number of carbonyl (C=O) groups is 2. The van der Waals surface area contributed by atoms with E-state index in [4.69, 9.17) is 5.11 Å². The smallest absolute Gasteiger partial charge is 0.339 e. The lowest BCUT2D eigenvalue weighted by Gasteiger charge is -2.33. The van der Waals surface area contributed by atoms with E-state index in [-0.39, 0.29) is 11.5 Å². The molecule has 0 radical (unpaired) electrons. The molecule has 7 heteroatoms. The summed E-state index contributed by atoms with van der Waals surface area (Å²) in [5, 5.41) is 11.9. The van der Waals surface area contributed by atoms with Crippen LogP contribution in [0.5, 0.6) is 0 Å². The first-order chi connectivity index (χ1) is 9.97. The van der Waals surface area contributed by atoms with Gasteiger partial charge in [0.1, 0.15) is 17.2 Å². The van der Waals surface area contributed by atoms with Gasteiger partial charge in [-0.1, -0.05) is 0 Å². The lowest BCUT2D eigenvalue weighted by Crippen LogP contribution is -2.39. The summed E-state index contributed by atoms with van der Waals surface area (Å²) < 4.78 is 13.1. The van der Waals surface area contributed by atoms with Gasteiger partial charge in [0, 0.05) is 26.6 Å². The molecule has 1 aliphatic heterocycles. The van der Waals surface area contributed by atoms with E-state index in [0.29, 0.717) is 31.4 Å². The van der Waals surface area contributed by atoms with Gasteiger partial charge in [-0.2, -0.15) is 0 Å². The number of rotatable bonds is 4. The number of piperidine rings is 1. The van der Waals surface area contributed by atoms with Gasteiger partial charge in [0.25, 0.3) is 0 Å². The van der Waals surface area contributed by atoms with Crippen molar-refractivity contribution in [2.45, 2.75) is 19.8 Å². The average molecular weight is 295 g/mol. The quantitative estimate of drug-likeness (QED) is 0.874. The standard InChI is InChI=1S/C14H18FN3O3/c1-9(19)16-7-10-2-4-18(5-3-10)13-12(14(20)21)6-11(15)8-17-13/h6,8,10H,2-5,7H2,1H3,(H,16,19)(H,20,21). The van der Waals surface area contributed by atoms with Crippen LogP contribution in [0.2, 0.25) is 0 Å². The number of carbonyl (C=O) groups excluding carboxylic acids is 1. The van der Waals surface area contributed by atoms with Crippen LogP contribution in [0.25, 0.3) is 0 Å². The maximum absolute atomic E-state index is 13.1. The molecule has 114 valence electrons. The van der Waals surface area contributed by atoms with Gasteiger partial charge < -0.3 is 15.3 Å². The Hall–Kier alpha value is -2.18. The molecule has 1 amide bonds. The van der Waals surface area contributed by atoms with Crippen molar-refractivity contribution in [2.75, 3.05) is 24.5 Å². The minimum absolute atomic E-state index is 0.0502. The number of amides is 1. The minimum Gasteiger partial charge on any atom is -0.478 e. The number of hydrogen-bond acceptors (Lipinski definition) is 4. The van der Waals surface area contributed by atoms with Crippen molar-refractivity contribution in [3.8, 4) is 0 Å². The van der Waals surface area contributed by atoms with E-state index >= 15 is 0 Å². The fourth-order valence-corrected chi connectivity index (χ4v) is 2.48. The second kappa shape index (κ2) is 6.51. The summed E-state index contributed by atoms with van der Waals surface area (Å²) >= 11 is 0. The Morgan fingerprint density at radius 2 is 2.14 bits per heavy atom. The van der Waals surface area contributed by atoms with Crippen LogP contribution < -0.4 is 10.2 Å². The molecule has 21 heavy (non-hydrogen) atoms. The van der Waals surface area contributed by atoms with Crippen molar-refractivity contribution in [1.82, 2.24) is 10.3 Å². The second-order valence-electron chi connectivity index (χ2n) is 5.20. The van der Waals surface area contributed by atoms with Crippen LogP contribution in [-0.2, 0) is 4.79 Å². The Kier molecular flexibility index (Phi) is 4.72. The van der Waals surface area contributed by atoms with Crippen molar-refractivity contribution in [3.05, 3.63) is 23.6 Å². The van der Waals surface area contributed by atoms with E-state index < -0.39 is 11.8 Å². The van der Waals surface area contributed by atoms with E-state index in [1.807, 2.05) is 4.90 Å². The summed E-state index contributed by atoms with van der Waals surface area (Å²) in [6, 6.07) is 0.994. The zero-order chi connectivity index (χ0) is 15.4. The van der Waals surface area contributed by atoms with Crippen molar-refractivity contribution in [1.29, 1.82) is 0 Å². The normalized spacial score (nSPS) is 15.8. The van der Waals surface area contributed by atoms with Crippen LogP contribution >= 0.6 is 0 Å². The van der Waals surface area contributed by atoms with Crippen molar-refractivity contribution < 1.29 is 19.1 Å². The monoisotopic (exact) mass is 295 g/mol. The van der Waals surface area contributed by atoms with Gasteiger partial charge >= 0.3 is 5.97 Å². The molecule has 0 saturated carbocycles. The summed E-state index contributed by atoms with van der Waals surface area (Å²) in [5.41, 5.74) is -0.115. The molecular formula is C14H18FN3O3. The highest BCUT2D eigenvalue weighted by Crippen LogP contribution is 2.24. The number of carboxylic acid groups (broad SMARTS) is 1. The lowest BCUT2D eigenvalue weighted by molar-refractivity contribution is -0.119. The molecule has 0 atom stereocenters. The maximum atomic E-state index is 13.1. The van der Waals surface area contributed by atoms with Crippen molar-refractivity contribution >= 4 is 17.7 Å². The number of nitrogens with zero attached hydrogens (tertiary/aromatic N) is 2. The predicted octanol–water partition coefficient (Wildman–Crippen LogP) is 1.27. The number of pyridine rings is 1. The fourth-order valence-electron chi connectivity index (χ4n) is 2.48. The highest BCUT2D eigenvalue weighted by molar-refractivity contribution is 5.93. The van der Waals surface area contributed by atoms with Crippen LogP contribution in [0.3, 0.4) is 0 Å². The lowest BCUT2D eigenvalue weighted by atomic mass is 9.96. The summed E-state index contributed by atoms with van der Waals surface area (Å²) in [6.07, 6.45) is 2.70. The van der Waals surface area contributed by atoms with Gasteiger partial charge in [0.05, 0.1) is 6.20 Å². The number of carboxylic acids is 1. The molecule has 1 aromatic rings. The maximum Gasteiger partial charge on any atom is 0.339 e. The van der Waals surface area contributed by atoms with Crippen LogP contribution in [-0.4, -0.2) is 41.6 Å². The van der Waals surface area contributed by atoms with Crippen LogP contribution in [0, 0.1) is 11.7 Å². The van der Waals surface area contributed by atoms with E-state index in [0.717, 1.165) is 25.1 Å². The van der Waals surface area contributed by atoms with Gasteiger partial charge in [0.15, 0.2) is 0 Å². The van der Waals surface area contributed by atoms with Gasteiger partial charge in [-0.15, -0.1) is 0 Å². The molecule has 1 saturated heterocycles. The van der Waals surface area contributed by atoms with Gasteiger partial charge in [0.2, 0.25) is 5.91 Å². The number of hydrogen-bond donors (Lipinski definition) is 2. The molecule has 0 spiro atoms. The van der Waals surface area contributed by atoms with Gasteiger partial charge in [-0.3, -0.25) is 4.79 Å². The van der Waals surface area contributed by atoms with Crippen molar-refractivity contribution in [2.24, 2.45) is 5.92 Å². The first-order valence-electron chi connectivity index (χ1n) is 6.85. The topological polar surface area (TPSA) is 82.5 Å². The van der Waals surface area contributed by atoms with E-state index in [1.165, 1.54) is 6.92 Å². The first kappa shape index (κ1) is 15.2. The van der Waals surface area contributed by atoms with Crippen LogP contribution in [0.4, 0.5) is 10.2 Å². The summed E-state index contributed by atoms with van der Waals surface area (Å²) in [6.45, 7) is 3.40. The largest absolute Gasteiger partial charge is 0.478 e. The Labute approximate surface area is 122 Å². The number of nitrogens with one attached hydrogen (secondary N) is 1. The molecule has 0 aliphatic carbocycles. The molecule has 1 aromatic heterocycles. The first-order valence-corrected chi connectivity index (χ1v) is 6.85. The molecule has 2 N–H and O–H groups in total. The summed E-state index contributed by atoms with van der Waals surface area (Å²) in [4.78, 5) is 27.8. The third-order valence-corrected chi connectivity index (χ3v) is 3.62. The summed E-state index contributed by atoms with van der Waals surface area (Å²) in [5.74, 6) is -1.21. The zero-order valence-electron chi connectivity index (χ0n) is 11.8. The number of anilines is 1. The molecule has 2 rings (SSSR count). The Balaban J connectivity index is 2.02.